The molecule has 4 rings (SSSR count). The SMILES string of the molecule is CC(=O)O[C@H]1CC[C@@]2(C)[C@@H](CC[C@@H]3[C@@H]2CC[C@@]2(C)[C@H]3CC[C@]2(Cl)C(=O)CCl)C1. The van der Waals surface area contributed by atoms with Crippen LogP contribution in [-0.2, 0) is 14.3 Å². The number of ketones is 1. The molecule has 0 bridgehead atoms. The second kappa shape index (κ2) is 7.15. The fraction of sp³-hybridized carbons (Fsp3) is 0.913. The van der Waals surface area contributed by atoms with Gasteiger partial charge in [0.15, 0.2) is 5.78 Å². The van der Waals surface area contributed by atoms with Gasteiger partial charge in [0, 0.05) is 6.92 Å². The van der Waals surface area contributed by atoms with Crippen LogP contribution in [-0.4, -0.2) is 28.6 Å². The van der Waals surface area contributed by atoms with Crippen LogP contribution >= 0.6 is 23.2 Å². The van der Waals surface area contributed by atoms with E-state index in [-0.39, 0.29) is 29.2 Å². The van der Waals surface area contributed by atoms with Crippen molar-refractivity contribution in [3.8, 4) is 0 Å². The number of Topliss-reactive ketones (excluding diaryl/α,β-unsaturated/α-hetero) is 1. The van der Waals surface area contributed by atoms with E-state index in [9.17, 15) is 9.59 Å². The zero-order valence-electron chi connectivity index (χ0n) is 17.4. The normalized spacial score (nSPS) is 50.2. The van der Waals surface area contributed by atoms with Crippen molar-refractivity contribution in [2.75, 3.05) is 5.88 Å². The van der Waals surface area contributed by atoms with Crippen LogP contribution in [0.15, 0.2) is 0 Å². The third-order valence-corrected chi connectivity index (χ3v) is 10.7. The molecule has 0 aromatic carbocycles. The van der Waals surface area contributed by atoms with E-state index in [2.05, 4.69) is 13.8 Å². The molecule has 0 unspecified atom stereocenters. The molecule has 0 spiro atoms. The Morgan fingerprint density at radius 3 is 2.39 bits per heavy atom. The summed E-state index contributed by atoms with van der Waals surface area (Å²) in [6.07, 6.45) is 9.71. The van der Waals surface area contributed by atoms with Gasteiger partial charge in [0.2, 0.25) is 0 Å². The van der Waals surface area contributed by atoms with E-state index in [4.69, 9.17) is 27.9 Å². The molecule has 4 saturated carbocycles. The summed E-state index contributed by atoms with van der Waals surface area (Å²) in [5, 5.41) is 0. The second-order valence-electron chi connectivity index (χ2n) is 10.5. The summed E-state index contributed by atoms with van der Waals surface area (Å²) in [6, 6.07) is 0. The lowest BCUT2D eigenvalue weighted by Gasteiger charge is -2.61. The number of alkyl halides is 2. The number of halogens is 2. The first-order valence-electron chi connectivity index (χ1n) is 11.1. The molecule has 0 amide bonds. The maximum Gasteiger partial charge on any atom is 0.302 e. The lowest BCUT2D eigenvalue weighted by atomic mass is 9.44. The molecular formula is C23H34Cl2O3. The van der Waals surface area contributed by atoms with Gasteiger partial charge in [0.25, 0.3) is 0 Å². The number of fused-ring (bicyclic) bond motifs is 5. The average Bonchev–Trinajstić information content (AvgIpc) is 2.93. The summed E-state index contributed by atoms with van der Waals surface area (Å²) in [7, 11) is 0. The number of ether oxygens (including phenoxy) is 1. The van der Waals surface area contributed by atoms with Crippen LogP contribution in [0.1, 0.15) is 78.6 Å². The van der Waals surface area contributed by atoms with Crippen molar-refractivity contribution in [1.82, 2.24) is 0 Å². The van der Waals surface area contributed by atoms with Crippen LogP contribution in [0.5, 0.6) is 0 Å². The first kappa shape index (κ1) is 21.0. The first-order valence-corrected chi connectivity index (χ1v) is 12.0. The number of hydrogen-bond donors (Lipinski definition) is 0. The Morgan fingerprint density at radius 2 is 1.71 bits per heavy atom. The minimum Gasteiger partial charge on any atom is -0.463 e. The van der Waals surface area contributed by atoms with Crippen molar-refractivity contribution in [3.05, 3.63) is 0 Å². The van der Waals surface area contributed by atoms with Gasteiger partial charge >= 0.3 is 5.97 Å². The molecule has 4 aliphatic rings. The molecule has 4 fully saturated rings. The van der Waals surface area contributed by atoms with Gasteiger partial charge in [-0.25, -0.2) is 0 Å². The third-order valence-electron chi connectivity index (χ3n) is 9.61. The lowest BCUT2D eigenvalue weighted by molar-refractivity contribution is -0.160. The number of carbonyl (C=O) groups excluding carboxylic acids is 2. The molecule has 0 aromatic rings. The molecule has 0 radical (unpaired) electrons. The van der Waals surface area contributed by atoms with Gasteiger partial charge < -0.3 is 4.74 Å². The molecule has 0 heterocycles. The predicted octanol–water partition coefficient (Wildman–Crippen LogP) is 5.75. The van der Waals surface area contributed by atoms with E-state index < -0.39 is 4.87 Å². The van der Waals surface area contributed by atoms with Crippen molar-refractivity contribution in [2.45, 2.75) is 89.5 Å². The van der Waals surface area contributed by atoms with Gasteiger partial charge in [0.1, 0.15) is 11.0 Å². The Hall–Kier alpha value is -0.280. The zero-order chi connectivity index (χ0) is 20.3. The van der Waals surface area contributed by atoms with Crippen LogP contribution in [0.3, 0.4) is 0 Å². The molecule has 28 heavy (non-hydrogen) atoms. The Balaban J connectivity index is 1.56. The van der Waals surface area contributed by atoms with Crippen molar-refractivity contribution in [3.63, 3.8) is 0 Å². The molecule has 0 aromatic heterocycles. The monoisotopic (exact) mass is 428 g/mol. The smallest absolute Gasteiger partial charge is 0.302 e. The number of hydrogen-bond acceptors (Lipinski definition) is 3. The van der Waals surface area contributed by atoms with Gasteiger partial charge in [-0.05, 0) is 92.3 Å². The fourth-order valence-corrected chi connectivity index (χ4v) is 8.82. The molecule has 0 saturated heterocycles. The van der Waals surface area contributed by atoms with Crippen LogP contribution in [0, 0.1) is 34.5 Å². The summed E-state index contributed by atoms with van der Waals surface area (Å²) < 4.78 is 5.57. The molecule has 0 N–H and O–H groups in total. The fourth-order valence-electron chi connectivity index (χ4n) is 8.11. The molecule has 158 valence electrons. The summed E-state index contributed by atoms with van der Waals surface area (Å²) in [5.41, 5.74) is 0.203. The predicted molar refractivity (Wildman–Crippen MR) is 112 cm³/mol. The number of carbonyl (C=O) groups is 2. The number of esters is 1. The maximum atomic E-state index is 12.7. The van der Waals surface area contributed by atoms with Gasteiger partial charge in [0.05, 0.1) is 5.88 Å². The Kier molecular flexibility index (Phi) is 5.36. The highest BCUT2D eigenvalue weighted by atomic mass is 35.5. The summed E-state index contributed by atoms with van der Waals surface area (Å²) in [6.45, 7) is 6.28. The third kappa shape index (κ3) is 2.89. The van der Waals surface area contributed by atoms with E-state index >= 15 is 0 Å². The van der Waals surface area contributed by atoms with Crippen molar-refractivity contribution >= 4 is 35.0 Å². The second-order valence-corrected chi connectivity index (χ2v) is 11.4. The summed E-state index contributed by atoms with van der Waals surface area (Å²) in [5.74, 6) is 2.44. The van der Waals surface area contributed by atoms with Crippen molar-refractivity contribution in [2.24, 2.45) is 34.5 Å². The summed E-state index contributed by atoms with van der Waals surface area (Å²) >= 11 is 13.0. The van der Waals surface area contributed by atoms with Crippen LogP contribution in [0.4, 0.5) is 0 Å². The molecule has 8 atom stereocenters. The largest absolute Gasteiger partial charge is 0.463 e. The highest BCUT2D eigenvalue weighted by Gasteiger charge is 2.66. The highest BCUT2D eigenvalue weighted by Crippen LogP contribution is 2.69. The topological polar surface area (TPSA) is 43.4 Å². The van der Waals surface area contributed by atoms with Crippen molar-refractivity contribution < 1.29 is 14.3 Å². The average molecular weight is 429 g/mol. The molecule has 4 aliphatic carbocycles. The Labute approximate surface area is 179 Å². The maximum absolute atomic E-state index is 12.7. The van der Waals surface area contributed by atoms with E-state index in [0.717, 1.165) is 44.9 Å². The van der Waals surface area contributed by atoms with Gasteiger partial charge in [-0.2, -0.15) is 0 Å². The quantitative estimate of drug-likeness (QED) is 0.424. The highest BCUT2D eigenvalue weighted by molar-refractivity contribution is 6.41. The van der Waals surface area contributed by atoms with Gasteiger partial charge in [-0.1, -0.05) is 13.8 Å². The molecule has 0 aliphatic heterocycles. The van der Waals surface area contributed by atoms with Gasteiger partial charge in [-0.3, -0.25) is 9.59 Å². The molecule has 3 nitrogen and oxygen atoms in total. The van der Waals surface area contributed by atoms with Gasteiger partial charge in [-0.15, -0.1) is 23.2 Å². The van der Waals surface area contributed by atoms with E-state index in [1.165, 1.54) is 19.8 Å². The standard InChI is InChI=1S/C23H34Cl2O3/c1-14(26)28-16-6-9-21(2)15(12-16)4-5-17-18(21)7-10-22(3)19(17)8-11-23(22,25)20(27)13-24/h15-19H,4-13H2,1-3H3/t15-,16-,17+,18-,19-,21-,22-,23-/m0/s1. The minimum absolute atomic E-state index is 0.0250. The van der Waals surface area contributed by atoms with E-state index in [0.29, 0.717) is 29.1 Å². The number of rotatable bonds is 3. The van der Waals surface area contributed by atoms with E-state index in [1.807, 2.05) is 0 Å². The minimum atomic E-state index is -0.769. The molecular weight excluding hydrogens is 395 g/mol. The molecule has 5 heteroatoms. The van der Waals surface area contributed by atoms with Crippen LogP contribution in [0.2, 0.25) is 0 Å². The van der Waals surface area contributed by atoms with Crippen LogP contribution in [0.25, 0.3) is 0 Å². The summed E-state index contributed by atoms with van der Waals surface area (Å²) in [4.78, 5) is 23.3. The van der Waals surface area contributed by atoms with E-state index in [1.54, 1.807) is 0 Å². The Morgan fingerprint density at radius 1 is 1.00 bits per heavy atom. The Bertz CT molecular complexity index is 666. The van der Waals surface area contributed by atoms with Crippen molar-refractivity contribution in [1.29, 1.82) is 0 Å². The zero-order valence-corrected chi connectivity index (χ0v) is 19.0. The lowest BCUT2D eigenvalue weighted by Crippen LogP contribution is -2.57. The van der Waals surface area contributed by atoms with Crippen LogP contribution < -0.4 is 0 Å². The first-order chi connectivity index (χ1) is 13.2.